The monoisotopic (exact) mass is 335 g/mol. The fraction of sp³-hybridized carbons (Fsp3) is 0.500. The van der Waals surface area contributed by atoms with Crippen LogP contribution in [0.5, 0.6) is 5.75 Å². The van der Waals surface area contributed by atoms with Crippen LogP contribution in [-0.4, -0.2) is 25.8 Å². The van der Waals surface area contributed by atoms with Gasteiger partial charge in [-0.15, -0.1) is 0 Å². The number of benzene rings is 1. The van der Waals surface area contributed by atoms with E-state index in [9.17, 15) is 13.2 Å². The molecule has 1 fully saturated rings. The van der Waals surface area contributed by atoms with Gasteiger partial charge in [0.2, 0.25) is 0 Å². The lowest BCUT2D eigenvalue weighted by Crippen LogP contribution is -2.46. The van der Waals surface area contributed by atoms with E-state index >= 15 is 0 Å². The maximum absolute atomic E-state index is 13.0. The smallest absolute Gasteiger partial charge is 0.396 e. The van der Waals surface area contributed by atoms with Crippen LogP contribution in [0.4, 0.5) is 18.9 Å². The quantitative estimate of drug-likeness (QED) is 0.650. The number of ether oxygens (including phenoxy) is 1. The lowest BCUT2D eigenvalue weighted by Gasteiger charge is -2.41. The molecule has 0 amide bonds. The van der Waals surface area contributed by atoms with Crippen LogP contribution in [0.25, 0.3) is 0 Å². The minimum absolute atomic E-state index is 0.0724. The summed E-state index contributed by atoms with van der Waals surface area (Å²) in [4.78, 5) is 3.84. The van der Waals surface area contributed by atoms with Crippen molar-refractivity contribution < 1.29 is 17.9 Å². The van der Waals surface area contributed by atoms with Crippen LogP contribution in [0.15, 0.2) is 23.2 Å². The first-order valence-electron chi connectivity index (χ1n) is 6.75. The Morgan fingerprint density at radius 1 is 1.45 bits per heavy atom. The van der Waals surface area contributed by atoms with Crippen LogP contribution in [0.2, 0.25) is 5.02 Å². The molecular weight excluding hydrogens is 319 g/mol. The highest BCUT2D eigenvalue weighted by Gasteiger charge is 2.58. The van der Waals surface area contributed by atoms with Gasteiger partial charge in [0.25, 0.3) is 0 Å². The summed E-state index contributed by atoms with van der Waals surface area (Å²) in [5, 5.41) is 3.09. The SMILES string of the molecule is COc1ccc(NC(N)=NCC2(C(F)(F)F)CCC2)cc1Cl. The molecule has 0 radical (unpaired) electrons. The number of hydrogen-bond donors (Lipinski definition) is 2. The second kappa shape index (κ2) is 6.24. The second-order valence-electron chi connectivity index (χ2n) is 5.31. The summed E-state index contributed by atoms with van der Waals surface area (Å²) in [6.07, 6.45) is -3.49. The Kier molecular flexibility index (Phi) is 4.75. The molecule has 0 atom stereocenters. The number of hydrogen-bond acceptors (Lipinski definition) is 2. The molecular formula is C14H17ClF3N3O. The zero-order chi connectivity index (χ0) is 16.4. The van der Waals surface area contributed by atoms with Gasteiger partial charge in [0.1, 0.15) is 5.75 Å². The molecule has 0 saturated heterocycles. The molecule has 0 unspecified atom stereocenters. The Hall–Kier alpha value is -1.63. The molecule has 0 aromatic heterocycles. The lowest BCUT2D eigenvalue weighted by atomic mass is 9.68. The summed E-state index contributed by atoms with van der Waals surface area (Å²) < 4.78 is 44.0. The van der Waals surface area contributed by atoms with E-state index in [0.717, 1.165) is 0 Å². The third kappa shape index (κ3) is 3.40. The molecule has 1 aromatic rings. The van der Waals surface area contributed by atoms with Crippen molar-refractivity contribution in [2.75, 3.05) is 19.0 Å². The van der Waals surface area contributed by atoms with E-state index in [0.29, 0.717) is 22.9 Å². The van der Waals surface area contributed by atoms with Gasteiger partial charge in [-0.05, 0) is 31.0 Å². The number of aliphatic imine (C=N–C) groups is 1. The number of alkyl halides is 3. The van der Waals surface area contributed by atoms with Gasteiger partial charge in [-0.2, -0.15) is 13.2 Å². The van der Waals surface area contributed by atoms with Gasteiger partial charge >= 0.3 is 6.18 Å². The normalized spacial score (nSPS) is 17.8. The summed E-state index contributed by atoms with van der Waals surface area (Å²) in [5.41, 5.74) is 4.46. The van der Waals surface area contributed by atoms with Gasteiger partial charge in [-0.1, -0.05) is 18.0 Å². The van der Waals surface area contributed by atoms with Crippen molar-refractivity contribution in [2.45, 2.75) is 25.4 Å². The predicted molar refractivity (Wildman–Crippen MR) is 80.5 cm³/mol. The summed E-state index contributed by atoms with van der Waals surface area (Å²) in [5.74, 6) is 0.421. The van der Waals surface area contributed by atoms with E-state index in [1.54, 1.807) is 18.2 Å². The highest BCUT2D eigenvalue weighted by atomic mass is 35.5. The van der Waals surface area contributed by atoms with Crippen LogP contribution in [0.1, 0.15) is 19.3 Å². The van der Waals surface area contributed by atoms with Gasteiger partial charge in [0.15, 0.2) is 5.96 Å². The number of guanidine groups is 1. The first kappa shape index (κ1) is 16.7. The molecule has 4 nitrogen and oxygen atoms in total. The van der Waals surface area contributed by atoms with Gasteiger partial charge in [0, 0.05) is 5.69 Å². The fourth-order valence-electron chi connectivity index (χ4n) is 2.30. The average molecular weight is 336 g/mol. The Morgan fingerprint density at radius 2 is 2.14 bits per heavy atom. The number of nitrogens with zero attached hydrogens (tertiary/aromatic N) is 1. The molecule has 0 heterocycles. The number of rotatable bonds is 4. The standard InChI is InChI=1S/C14H17ClF3N3O/c1-22-11-4-3-9(7-10(11)15)21-12(19)20-8-13(5-2-6-13)14(16,17)18/h3-4,7H,2,5-6,8H2,1H3,(H3,19,20,21). The molecule has 1 aliphatic rings. The van der Waals surface area contributed by atoms with E-state index in [1.807, 2.05) is 0 Å². The Balaban J connectivity index is 2.03. The Morgan fingerprint density at radius 3 is 2.59 bits per heavy atom. The molecule has 3 N–H and O–H groups in total. The maximum Gasteiger partial charge on any atom is 0.396 e. The van der Waals surface area contributed by atoms with Crippen LogP contribution in [0.3, 0.4) is 0 Å². The van der Waals surface area contributed by atoms with Crippen molar-refractivity contribution in [3.8, 4) is 5.75 Å². The van der Waals surface area contributed by atoms with E-state index in [2.05, 4.69) is 10.3 Å². The molecule has 2 rings (SSSR count). The number of nitrogens with one attached hydrogen (secondary N) is 1. The van der Waals surface area contributed by atoms with Crippen molar-refractivity contribution in [3.05, 3.63) is 23.2 Å². The lowest BCUT2D eigenvalue weighted by molar-refractivity contribution is -0.245. The fourth-order valence-corrected chi connectivity index (χ4v) is 2.56. The largest absolute Gasteiger partial charge is 0.495 e. The molecule has 0 spiro atoms. The van der Waals surface area contributed by atoms with Crippen molar-refractivity contribution in [3.63, 3.8) is 0 Å². The Labute approximate surface area is 131 Å². The second-order valence-corrected chi connectivity index (χ2v) is 5.71. The zero-order valence-electron chi connectivity index (χ0n) is 12.0. The molecule has 122 valence electrons. The van der Waals surface area contributed by atoms with E-state index in [1.165, 1.54) is 7.11 Å². The first-order chi connectivity index (χ1) is 10.3. The van der Waals surface area contributed by atoms with Crippen molar-refractivity contribution in [1.82, 2.24) is 0 Å². The number of methoxy groups -OCH3 is 1. The molecule has 1 aromatic carbocycles. The average Bonchev–Trinajstić information content (AvgIpc) is 2.35. The van der Waals surface area contributed by atoms with Crippen LogP contribution in [0, 0.1) is 5.41 Å². The van der Waals surface area contributed by atoms with E-state index in [-0.39, 0.29) is 25.3 Å². The van der Waals surface area contributed by atoms with E-state index < -0.39 is 11.6 Å². The topological polar surface area (TPSA) is 59.6 Å². The summed E-state index contributed by atoms with van der Waals surface area (Å²) in [6.45, 7) is -0.362. The number of halogens is 4. The highest BCUT2D eigenvalue weighted by Crippen LogP contribution is 2.53. The molecule has 0 bridgehead atoms. The summed E-state index contributed by atoms with van der Waals surface area (Å²) in [6, 6.07) is 4.84. The summed E-state index contributed by atoms with van der Waals surface area (Å²) in [7, 11) is 1.49. The van der Waals surface area contributed by atoms with Crippen molar-refractivity contribution >= 4 is 23.2 Å². The Bertz CT molecular complexity index is 571. The van der Waals surface area contributed by atoms with Crippen LogP contribution in [-0.2, 0) is 0 Å². The summed E-state index contributed by atoms with van der Waals surface area (Å²) >= 11 is 5.96. The maximum atomic E-state index is 13.0. The number of nitrogens with two attached hydrogens (primary N) is 1. The molecule has 1 aliphatic carbocycles. The first-order valence-corrected chi connectivity index (χ1v) is 7.12. The highest BCUT2D eigenvalue weighted by molar-refractivity contribution is 6.32. The van der Waals surface area contributed by atoms with Crippen LogP contribution >= 0.6 is 11.6 Å². The van der Waals surface area contributed by atoms with Gasteiger partial charge in [-0.25, -0.2) is 0 Å². The zero-order valence-corrected chi connectivity index (χ0v) is 12.8. The molecule has 1 saturated carbocycles. The van der Waals surface area contributed by atoms with Crippen molar-refractivity contribution in [2.24, 2.45) is 16.1 Å². The minimum atomic E-state index is -4.25. The molecule has 0 aliphatic heterocycles. The number of anilines is 1. The third-order valence-electron chi connectivity index (χ3n) is 3.89. The molecule has 22 heavy (non-hydrogen) atoms. The predicted octanol–water partition coefficient (Wildman–Crippen LogP) is 3.81. The van der Waals surface area contributed by atoms with E-state index in [4.69, 9.17) is 22.1 Å². The third-order valence-corrected chi connectivity index (χ3v) is 4.18. The van der Waals surface area contributed by atoms with Crippen molar-refractivity contribution in [1.29, 1.82) is 0 Å². The van der Waals surface area contributed by atoms with Gasteiger partial charge in [0.05, 0.1) is 24.1 Å². The van der Waals surface area contributed by atoms with Gasteiger partial charge < -0.3 is 15.8 Å². The molecule has 8 heteroatoms. The minimum Gasteiger partial charge on any atom is -0.495 e. The van der Waals surface area contributed by atoms with Crippen LogP contribution < -0.4 is 15.8 Å². The van der Waals surface area contributed by atoms with Gasteiger partial charge in [-0.3, -0.25) is 4.99 Å².